The predicted octanol–water partition coefficient (Wildman–Crippen LogP) is 3.42. The van der Waals surface area contributed by atoms with Gasteiger partial charge in [0.2, 0.25) is 0 Å². The van der Waals surface area contributed by atoms with Crippen LogP contribution in [0.15, 0.2) is 38.5 Å². The van der Waals surface area contributed by atoms with Crippen LogP contribution in [0.2, 0.25) is 0 Å². The number of nitrogens with zero attached hydrogens (tertiary/aromatic N) is 4. The van der Waals surface area contributed by atoms with Crippen molar-refractivity contribution in [2.24, 2.45) is 7.92 Å². The Hall–Kier alpha value is -1.65. The third kappa shape index (κ3) is 2.55. The van der Waals surface area contributed by atoms with Crippen LogP contribution in [0.1, 0.15) is 25.5 Å². The summed E-state index contributed by atoms with van der Waals surface area (Å²) in [6.45, 7) is 5.00. The predicted molar refractivity (Wildman–Crippen MR) is 76.3 cm³/mol. The Morgan fingerprint density at radius 1 is 1.32 bits per heavy atom. The van der Waals surface area contributed by atoms with Gasteiger partial charge in [0.1, 0.15) is 0 Å². The van der Waals surface area contributed by atoms with Gasteiger partial charge in [-0.25, -0.2) is 0 Å². The van der Waals surface area contributed by atoms with Gasteiger partial charge in [0.15, 0.2) is 0 Å². The van der Waals surface area contributed by atoms with Crippen molar-refractivity contribution in [1.29, 1.82) is 0 Å². The Morgan fingerprint density at radius 2 is 2.21 bits per heavy atom. The van der Waals surface area contributed by atoms with Gasteiger partial charge in [-0.2, -0.15) is 0 Å². The van der Waals surface area contributed by atoms with E-state index in [0.29, 0.717) is 6.04 Å². The standard InChI is InChI=1S/C13H15N5Se/c1-9(2)18-8-10(7-15-18)6-14-11-4-3-5-12-13(11)17-19-16-12/h3-5,7-9,14H,6H2,1-2H3. The minimum atomic E-state index is 0.0165. The second-order valence-corrected chi connectivity index (χ2v) is 5.82. The van der Waals surface area contributed by atoms with E-state index in [1.54, 1.807) is 0 Å². The molecule has 1 aromatic heterocycles. The average molecular weight is 320 g/mol. The molecule has 0 atom stereocenters. The molecule has 1 N–H and O–H groups in total. The van der Waals surface area contributed by atoms with E-state index >= 15 is 0 Å². The van der Waals surface area contributed by atoms with Crippen molar-refractivity contribution in [3.05, 3.63) is 36.2 Å². The molecule has 3 rings (SSSR count). The number of hydrogen-bond acceptors (Lipinski definition) is 4. The molecule has 0 bridgehead atoms. The van der Waals surface area contributed by atoms with Crippen LogP contribution in [0, 0.1) is 0 Å². The minimum absolute atomic E-state index is 0.0165. The quantitative estimate of drug-likeness (QED) is 0.749. The normalized spacial score (nSPS) is 12.6. The van der Waals surface area contributed by atoms with Crippen LogP contribution in [-0.4, -0.2) is 24.3 Å². The SMILES string of the molecule is CC(C)n1cc(CNc2cccc3c2N=[Se]=N3)cn1. The van der Waals surface area contributed by atoms with E-state index < -0.39 is 0 Å². The molecule has 98 valence electrons. The second-order valence-electron chi connectivity index (χ2n) is 4.71. The summed E-state index contributed by atoms with van der Waals surface area (Å²) < 4.78 is 10.8. The van der Waals surface area contributed by atoms with Gasteiger partial charge in [-0.3, -0.25) is 0 Å². The third-order valence-electron chi connectivity index (χ3n) is 2.95. The van der Waals surface area contributed by atoms with Crippen LogP contribution in [-0.2, 0) is 6.54 Å². The van der Waals surface area contributed by atoms with E-state index in [9.17, 15) is 0 Å². The molecular formula is C13H15N5Se. The van der Waals surface area contributed by atoms with Gasteiger partial charge in [-0.15, -0.1) is 0 Å². The van der Waals surface area contributed by atoms with Gasteiger partial charge in [-0.1, -0.05) is 0 Å². The molecule has 0 aliphatic carbocycles. The number of fused-ring (bicyclic) bond motifs is 1. The Labute approximate surface area is 117 Å². The summed E-state index contributed by atoms with van der Waals surface area (Å²) in [6, 6.07) is 6.46. The number of hydrogen-bond donors (Lipinski definition) is 1. The molecule has 0 amide bonds. The molecule has 0 fully saturated rings. The number of aromatic nitrogens is 2. The third-order valence-corrected chi connectivity index (χ3v) is 4.09. The molecule has 19 heavy (non-hydrogen) atoms. The monoisotopic (exact) mass is 321 g/mol. The zero-order valence-electron chi connectivity index (χ0n) is 10.9. The topological polar surface area (TPSA) is 54.6 Å². The van der Waals surface area contributed by atoms with Gasteiger partial charge in [0, 0.05) is 0 Å². The average Bonchev–Trinajstić information content (AvgIpc) is 3.05. The first-order chi connectivity index (χ1) is 9.24. The van der Waals surface area contributed by atoms with Crippen LogP contribution >= 0.6 is 0 Å². The van der Waals surface area contributed by atoms with E-state index in [1.807, 2.05) is 29.1 Å². The van der Waals surface area contributed by atoms with Crippen molar-refractivity contribution >= 4 is 31.6 Å². The summed E-state index contributed by atoms with van der Waals surface area (Å²) in [7, 11) is 0. The van der Waals surface area contributed by atoms with Crippen molar-refractivity contribution in [3.63, 3.8) is 0 Å². The van der Waals surface area contributed by atoms with Crippen LogP contribution in [0.4, 0.5) is 17.1 Å². The van der Waals surface area contributed by atoms with Gasteiger partial charge in [0.05, 0.1) is 0 Å². The van der Waals surface area contributed by atoms with Gasteiger partial charge >= 0.3 is 117 Å². The zero-order chi connectivity index (χ0) is 13.2. The van der Waals surface area contributed by atoms with Crippen LogP contribution < -0.4 is 5.32 Å². The molecule has 0 saturated heterocycles. The Morgan fingerprint density at radius 3 is 3.00 bits per heavy atom. The summed E-state index contributed by atoms with van der Waals surface area (Å²) in [6.07, 6.45) is 3.98. The first kappa shape index (κ1) is 12.4. The number of nitrogens with one attached hydrogen (secondary N) is 1. The Balaban J connectivity index is 1.73. The van der Waals surface area contributed by atoms with Crippen molar-refractivity contribution < 1.29 is 0 Å². The first-order valence-electron chi connectivity index (χ1n) is 6.22. The van der Waals surface area contributed by atoms with Crippen molar-refractivity contribution in [3.8, 4) is 0 Å². The van der Waals surface area contributed by atoms with E-state index in [0.717, 1.165) is 23.6 Å². The fraction of sp³-hybridized carbons (Fsp3) is 0.308. The van der Waals surface area contributed by atoms with E-state index in [-0.39, 0.29) is 14.6 Å². The summed E-state index contributed by atoms with van der Waals surface area (Å²) in [5.41, 5.74) is 4.23. The summed E-state index contributed by atoms with van der Waals surface area (Å²) in [5, 5.41) is 7.75. The molecule has 5 nitrogen and oxygen atoms in total. The Kier molecular flexibility index (Phi) is 3.36. The molecule has 2 heterocycles. The van der Waals surface area contributed by atoms with Crippen molar-refractivity contribution in [2.75, 3.05) is 5.32 Å². The molecule has 0 unspecified atom stereocenters. The molecule has 1 aliphatic rings. The van der Waals surface area contributed by atoms with E-state index in [4.69, 9.17) is 0 Å². The van der Waals surface area contributed by atoms with Crippen LogP contribution in [0.5, 0.6) is 0 Å². The van der Waals surface area contributed by atoms with Crippen LogP contribution in [0.25, 0.3) is 0 Å². The van der Waals surface area contributed by atoms with Gasteiger partial charge in [0.25, 0.3) is 0 Å². The molecule has 6 heteroatoms. The zero-order valence-corrected chi connectivity index (χ0v) is 12.6. The Bertz CT molecular complexity index is 667. The molecule has 1 aromatic carbocycles. The molecule has 2 aromatic rings. The summed E-state index contributed by atoms with van der Waals surface area (Å²) >= 11 is 0.0165. The second kappa shape index (κ2) is 5.15. The van der Waals surface area contributed by atoms with Crippen molar-refractivity contribution in [1.82, 2.24) is 9.78 Å². The molecular weight excluding hydrogens is 305 g/mol. The van der Waals surface area contributed by atoms with E-state index in [1.165, 1.54) is 5.56 Å². The fourth-order valence-corrected chi connectivity index (χ4v) is 3.05. The van der Waals surface area contributed by atoms with Gasteiger partial charge < -0.3 is 0 Å². The van der Waals surface area contributed by atoms with E-state index in [2.05, 4.69) is 38.4 Å². The molecule has 0 spiro atoms. The maximum atomic E-state index is 4.46. The summed E-state index contributed by atoms with van der Waals surface area (Å²) in [4.78, 5) is 0. The fourth-order valence-electron chi connectivity index (χ4n) is 1.90. The maximum absolute atomic E-state index is 4.46. The molecule has 0 radical (unpaired) electrons. The number of rotatable bonds is 4. The van der Waals surface area contributed by atoms with Crippen LogP contribution in [0.3, 0.4) is 0 Å². The number of benzene rings is 1. The summed E-state index contributed by atoms with van der Waals surface area (Å²) in [5.74, 6) is 0. The molecule has 0 saturated carbocycles. The number of anilines is 1. The van der Waals surface area contributed by atoms with Gasteiger partial charge in [-0.05, 0) is 0 Å². The molecule has 1 aliphatic heterocycles. The first-order valence-corrected chi connectivity index (χ1v) is 7.75. The van der Waals surface area contributed by atoms with Crippen molar-refractivity contribution in [2.45, 2.75) is 26.4 Å².